The molecule has 0 bridgehead atoms. The number of hydrogen-bond donors (Lipinski definition) is 6. The van der Waals surface area contributed by atoms with E-state index in [1.54, 1.807) is 0 Å². The highest BCUT2D eigenvalue weighted by molar-refractivity contribution is 6.42. The van der Waals surface area contributed by atoms with E-state index in [0.29, 0.717) is 0 Å². The minimum Gasteiger partial charge on any atom is -0.504 e. The number of aliphatic imine (C=N–C) groups is 1. The molecule has 0 fully saturated rings. The fourth-order valence-electron chi connectivity index (χ4n) is 3.53. The van der Waals surface area contributed by atoms with Gasteiger partial charge in [0.05, 0.1) is 39.0 Å². The number of hydrogen-bond acceptors (Lipinski definition) is 7. The van der Waals surface area contributed by atoms with Crippen LogP contribution >= 0.6 is 46.4 Å². The van der Waals surface area contributed by atoms with E-state index in [9.17, 15) is 29.4 Å². The summed E-state index contributed by atoms with van der Waals surface area (Å²) in [4.78, 5) is 52.5. The van der Waals surface area contributed by atoms with Gasteiger partial charge in [0.15, 0.2) is 30.9 Å². The van der Waals surface area contributed by atoms with Crippen molar-refractivity contribution >= 4 is 99.1 Å². The molecule has 1 aliphatic heterocycles. The fourth-order valence-corrected chi connectivity index (χ4v) is 4.63. The summed E-state index contributed by atoms with van der Waals surface area (Å²) in [5, 5.41) is 29.9. The fraction of sp³-hybridized carbons (Fsp3) is 0.174. The van der Waals surface area contributed by atoms with E-state index in [1.807, 2.05) is 0 Å². The average molecular weight is 619 g/mol. The summed E-state index contributed by atoms with van der Waals surface area (Å²) in [6.45, 7) is 1.78. The lowest BCUT2D eigenvalue weighted by Gasteiger charge is -2.26. The van der Waals surface area contributed by atoms with Gasteiger partial charge >= 0.3 is 0 Å². The summed E-state index contributed by atoms with van der Waals surface area (Å²) in [6, 6.07) is 2.41. The quantitative estimate of drug-likeness (QED) is 0.187. The van der Waals surface area contributed by atoms with E-state index in [0.717, 1.165) is 0 Å². The second kappa shape index (κ2) is 12.1. The van der Waals surface area contributed by atoms with Crippen LogP contribution in [-0.4, -0.2) is 57.8 Å². The third-order valence-electron chi connectivity index (χ3n) is 5.16. The Hall–Kier alpha value is -3.55. The first-order valence-corrected chi connectivity index (χ1v) is 12.4. The third kappa shape index (κ3) is 7.11. The highest BCUT2D eigenvalue weighted by atomic mass is 35.5. The van der Waals surface area contributed by atoms with E-state index in [4.69, 9.17) is 46.4 Å². The number of carbonyl (C=O) groups excluding carboxylic acids is 4. The molecular formula is C23H21Cl4N6O6+. The molecule has 2 aromatic carbocycles. The summed E-state index contributed by atoms with van der Waals surface area (Å²) >= 11 is 24.5. The first-order valence-electron chi connectivity index (χ1n) is 10.9. The van der Waals surface area contributed by atoms with Crippen LogP contribution < -0.4 is 21.3 Å². The number of anilines is 4. The monoisotopic (exact) mass is 617 g/mol. The molecule has 1 aliphatic rings. The zero-order valence-corrected chi connectivity index (χ0v) is 23.3. The van der Waals surface area contributed by atoms with Gasteiger partial charge in [-0.1, -0.05) is 46.4 Å². The lowest BCUT2D eigenvalue weighted by Crippen LogP contribution is -2.50. The maximum atomic E-state index is 12.9. The molecule has 206 valence electrons. The first kappa shape index (κ1) is 30.0. The standard InChI is InChI=1S/C23H20Cl4N6O6/c1-10(34)29-20-12(24)5-14(22(38)18(20)26)31-16(36)7-33(4-3-28-9-33)8-17(37)32-15-6-13(25)21(30-11(2)35)19(27)23(15)39/h3-6,9H,7-8H2,1-2H3,(H5-,29,30,31,32,34,35,36,37,38,39)/p+1. The molecule has 0 unspecified atom stereocenters. The van der Waals surface area contributed by atoms with Crippen molar-refractivity contribution < 1.29 is 33.9 Å². The predicted octanol–water partition coefficient (Wildman–Crippen LogP) is 4.54. The number of rotatable bonds is 8. The normalized spacial score (nSPS) is 13.2. The number of benzene rings is 2. The SMILES string of the molecule is CC(=O)Nc1c(Cl)cc(NC(=O)C[N+]2(CC(=O)Nc3cc(Cl)c(NC(C)=O)c(Cl)c3O)C=CN=C2)c(O)c1Cl. The Morgan fingerprint density at radius 1 is 0.769 bits per heavy atom. The minimum atomic E-state index is -0.649. The van der Waals surface area contributed by atoms with Crippen molar-refractivity contribution in [1.29, 1.82) is 0 Å². The molecule has 1 heterocycles. The number of phenols is 2. The van der Waals surface area contributed by atoms with Crippen LogP contribution in [0, 0.1) is 0 Å². The number of amides is 4. The summed E-state index contributed by atoms with van der Waals surface area (Å²) in [7, 11) is 0. The molecule has 6 N–H and O–H groups in total. The van der Waals surface area contributed by atoms with Gasteiger partial charge in [0.1, 0.15) is 16.2 Å². The number of phenolic OH excluding ortho intramolecular Hbond substituents is 2. The average Bonchev–Trinajstić information content (AvgIpc) is 3.28. The van der Waals surface area contributed by atoms with Crippen LogP contribution in [0.15, 0.2) is 29.5 Å². The van der Waals surface area contributed by atoms with Gasteiger partial charge < -0.3 is 31.5 Å². The number of nitrogens with one attached hydrogen (secondary N) is 4. The number of nitrogens with zero attached hydrogens (tertiary/aromatic N) is 2. The molecule has 3 rings (SSSR count). The molecule has 2 aromatic rings. The highest BCUT2D eigenvalue weighted by Gasteiger charge is 2.33. The molecule has 0 aromatic heterocycles. The molecule has 39 heavy (non-hydrogen) atoms. The molecule has 0 saturated heterocycles. The Balaban J connectivity index is 1.76. The van der Waals surface area contributed by atoms with Crippen LogP contribution in [0.2, 0.25) is 20.1 Å². The number of carbonyl (C=O) groups is 4. The van der Waals surface area contributed by atoms with Crippen molar-refractivity contribution in [3.05, 3.63) is 44.6 Å². The smallest absolute Gasteiger partial charge is 0.280 e. The van der Waals surface area contributed by atoms with Crippen LogP contribution in [-0.2, 0) is 19.2 Å². The first-order chi connectivity index (χ1) is 18.2. The second-order valence-corrected chi connectivity index (χ2v) is 9.90. The van der Waals surface area contributed by atoms with Crippen molar-refractivity contribution in [3.63, 3.8) is 0 Å². The van der Waals surface area contributed by atoms with Crippen molar-refractivity contribution in [2.45, 2.75) is 13.8 Å². The van der Waals surface area contributed by atoms with E-state index in [1.165, 1.54) is 44.7 Å². The van der Waals surface area contributed by atoms with Crippen molar-refractivity contribution in [1.82, 2.24) is 0 Å². The Kier molecular flexibility index (Phi) is 9.30. The van der Waals surface area contributed by atoms with Gasteiger partial charge in [-0.3, -0.25) is 19.2 Å². The number of halogens is 4. The molecule has 0 aliphatic carbocycles. The van der Waals surface area contributed by atoms with Gasteiger partial charge in [-0.25, -0.2) is 9.48 Å². The van der Waals surface area contributed by atoms with Crippen LogP contribution in [0.1, 0.15) is 13.8 Å². The summed E-state index contributed by atoms with van der Waals surface area (Å²) < 4.78 is -0.365. The van der Waals surface area contributed by atoms with Crippen LogP contribution in [0.3, 0.4) is 0 Å². The van der Waals surface area contributed by atoms with Gasteiger partial charge in [0.25, 0.3) is 11.8 Å². The molecule has 4 amide bonds. The summed E-state index contributed by atoms with van der Waals surface area (Å²) in [6.07, 6.45) is 4.22. The maximum absolute atomic E-state index is 12.9. The zero-order chi connectivity index (χ0) is 29.1. The lowest BCUT2D eigenvalue weighted by molar-refractivity contribution is -0.760. The predicted molar refractivity (Wildman–Crippen MR) is 150 cm³/mol. The second-order valence-electron chi connectivity index (χ2n) is 8.33. The Morgan fingerprint density at radius 2 is 1.18 bits per heavy atom. The van der Waals surface area contributed by atoms with Crippen LogP contribution in [0.4, 0.5) is 22.7 Å². The molecule has 0 atom stereocenters. The van der Waals surface area contributed by atoms with Gasteiger partial charge in [-0.2, -0.15) is 0 Å². The zero-order valence-electron chi connectivity index (χ0n) is 20.2. The molecule has 0 saturated carbocycles. The van der Waals surface area contributed by atoms with Gasteiger partial charge in [-0.05, 0) is 12.1 Å². The highest BCUT2D eigenvalue weighted by Crippen LogP contribution is 2.44. The molecule has 0 spiro atoms. The molecule has 12 nitrogen and oxygen atoms in total. The third-order valence-corrected chi connectivity index (χ3v) is 6.49. The lowest BCUT2D eigenvalue weighted by atomic mass is 10.2. The van der Waals surface area contributed by atoms with Crippen molar-refractivity contribution in [2.75, 3.05) is 34.4 Å². The van der Waals surface area contributed by atoms with E-state index >= 15 is 0 Å². The molecular weight excluding hydrogens is 598 g/mol. The number of quaternary nitrogens is 1. The van der Waals surface area contributed by atoms with E-state index in [2.05, 4.69) is 26.3 Å². The summed E-state index contributed by atoms with van der Waals surface area (Å²) in [5.74, 6) is -3.30. The van der Waals surface area contributed by atoms with Crippen molar-refractivity contribution in [3.8, 4) is 11.5 Å². The maximum Gasteiger partial charge on any atom is 0.280 e. The van der Waals surface area contributed by atoms with Gasteiger partial charge in [0.2, 0.25) is 11.8 Å². The Bertz CT molecular complexity index is 1340. The number of aromatic hydroxyl groups is 2. The Morgan fingerprint density at radius 3 is 1.51 bits per heavy atom. The molecule has 0 radical (unpaired) electrons. The molecule has 16 heteroatoms. The summed E-state index contributed by atoms with van der Waals surface area (Å²) in [5.41, 5.74) is -0.296. The van der Waals surface area contributed by atoms with E-state index < -0.39 is 35.1 Å². The van der Waals surface area contributed by atoms with Crippen LogP contribution in [0.5, 0.6) is 11.5 Å². The van der Waals surface area contributed by atoms with E-state index in [-0.39, 0.29) is 60.4 Å². The largest absolute Gasteiger partial charge is 0.504 e. The van der Waals surface area contributed by atoms with Gasteiger partial charge in [-0.15, -0.1) is 0 Å². The topological polar surface area (TPSA) is 169 Å². The Labute approximate surface area is 241 Å². The van der Waals surface area contributed by atoms with Crippen LogP contribution in [0.25, 0.3) is 0 Å². The minimum absolute atomic E-state index is 0.0234. The van der Waals surface area contributed by atoms with Crippen molar-refractivity contribution in [2.24, 2.45) is 4.99 Å². The van der Waals surface area contributed by atoms with Gasteiger partial charge in [0, 0.05) is 13.8 Å².